The van der Waals surface area contributed by atoms with Crippen LogP contribution in [0.5, 0.6) is 0 Å². The molecule has 114 valence electrons. The monoisotopic (exact) mass is 320 g/mol. The van der Waals surface area contributed by atoms with Gasteiger partial charge >= 0.3 is 5.69 Å². The van der Waals surface area contributed by atoms with Gasteiger partial charge in [-0.25, -0.2) is 4.79 Å². The fraction of sp³-hybridized carbons (Fsp3) is 0.308. The molecule has 0 fully saturated rings. The highest BCUT2D eigenvalue weighted by atomic mass is 35.5. The minimum atomic E-state index is -0.427. The van der Waals surface area contributed by atoms with Crippen LogP contribution < -0.4 is 5.69 Å². The van der Waals surface area contributed by atoms with Crippen LogP contribution in [0.4, 0.5) is 0 Å². The second kappa shape index (κ2) is 6.10. The number of halogens is 1. The van der Waals surface area contributed by atoms with Gasteiger partial charge < -0.3 is 4.52 Å². The van der Waals surface area contributed by atoms with Gasteiger partial charge in [0.25, 0.3) is 0 Å². The highest BCUT2D eigenvalue weighted by Crippen LogP contribution is 2.16. The molecular weight excluding hydrogens is 308 g/mol. The molecule has 3 aromatic rings. The summed E-state index contributed by atoms with van der Waals surface area (Å²) >= 11 is 6.06. The first-order chi connectivity index (χ1) is 10.7. The average Bonchev–Trinajstić information content (AvgIpc) is 3.09. The standard InChI is InChI=1S/C13H13ClN6O2/c1-2-5-11-15-12(22-16-11)8-19-13(21)20(18-17-19)10-7-4-3-6-9(10)14/h3-4,6-7H,2,5,8H2,1H3. The van der Waals surface area contributed by atoms with E-state index in [1.165, 1.54) is 0 Å². The summed E-state index contributed by atoms with van der Waals surface area (Å²) in [7, 11) is 0. The molecule has 0 radical (unpaired) electrons. The van der Waals surface area contributed by atoms with Crippen molar-refractivity contribution in [3.63, 3.8) is 0 Å². The summed E-state index contributed by atoms with van der Waals surface area (Å²) in [6.07, 6.45) is 1.65. The third-order valence-corrected chi connectivity index (χ3v) is 3.31. The Kier molecular flexibility index (Phi) is 4.01. The first-order valence-corrected chi connectivity index (χ1v) is 7.16. The van der Waals surface area contributed by atoms with Crippen molar-refractivity contribution in [2.45, 2.75) is 26.3 Å². The Labute approximate surface area is 130 Å². The number of nitrogens with zero attached hydrogens (tertiary/aromatic N) is 6. The molecule has 22 heavy (non-hydrogen) atoms. The summed E-state index contributed by atoms with van der Waals surface area (Å²) in [5.41, 5.74) is 0.0426. The summed E-state index contributed by atoms with van der Waals surface area (Å²) in [4.78, 5) is 16.5. The maximum Gasteiger partial charge on any atom is 0.369 e. The van der Waals surface area contributed by atoms with Gasteiger partial charge in [0.15, 0.2) is 5.82 Å². The highest BCUT2D eigenvalue weighted by molar-refractivity contribution is 6.32. The predicted octanol–water partition coefficient (Wildman–Crippen LogP) is 1.47. The van der Waals surface area contributed by atoms with Crippen molar-refractivity contribution in [3.8, 4) is 5.69 Å². The average molecular weight is 321 g/mol. The van der Waals surface area contributed by atoms with Gasteiger partial charge in [-0.1, -0.05) is 35.8 Å². The smallest absolute Gasteiger partial charge is 0.337 e. The normalized spacial score (nSPS) is 11.0. The molecule has 2 heterocycles. The van der Waals surface area contributed by atoms with Crippen molar-refractivity contribution in [2.75, 3.05) is 0 Å². The van der Waals surface area contributed by atoms with E-state index < -0.39 is 5.69 Å². The number of hydrogen-bond acceptors (Lipinski definition) is 6. The summed E-state index contributed by atoms with van der Waals surface area (Å²) in [5, 5.41) is 11.9. The topological polar surface area (TPSA) is 91.6 Å². The number of rotatable bonds is 5. The third kappa shape index (κ3) is 2.77. The van der Waals surface area contributed by atoms with Gasteiger partial charge in [-0.2, -0.15) is 14.3 Å². The lowest BCUT2D eigenvalue weighted by Gasteiger charge is -1.99. The molecule has 0 amide bonds. The molecule has 9 heteroatoms. The van der Waals surface area contributed by atoms with Crippen molar-refractivity contribution in [1.82, 2.24) is 29.9 Å². The lowest BCUT2D eigenvalue weighted by atomic mass is 10.3. The molecule has 0 aliphatic heterocycles. The van der Waals surface area contributed by atoms with E-state index >= 15 is 0 Å². The number of hydrogen-bond donors (Lipinski definition) is 0. The highest BCUT2D eigenvalue weighted by Gasteiger charge is 2.14. The second-order valence-electron chi connectivity index (χ2n) is 4.64. The fourth-order valence-electron chi connectivity index (χ4n) is 1.96. The SMILES string of the molecule is CCCc1noc(Cn2nnn(-c3ccccc3Cl)c2=O)n1. The van der Waals surface area contributed by atoms with Crippen LogP contribution in [0.3, 0.4) is 0 Å². The molecule has 3 rings (SSSR count). The van der Waals surface area contributed by atoms with Crippen LogP contribution in [-0.4, -0.2) is 29.9 Å². The van der Waals surface area contributed by atoms with Crippen molar-refractivity contribution in [2.24, 2.45) is 0 Å². The summed E-state index contributed by atoms with van der Waals surface area (Å²) in [6.45, 7) is 2.09. The Morgan fingerprint density at radius 1 is 1.27 bits per heavy atom. The zero-order valence-electron chi connectivity index (χ0n) is 11.8. The minimum Gasteiger partial charge on any atom is -0.337 e. The molecule has 1 aromatic carbocycles. The maximum absolute atomic E-state index is 12.3. The molecule has 0 atom stereocenters. The lowest BCUT2D eigenvalue weighted by Crippen LogP contribution is -2.25. The Hall–Kier alpha value is -2.48. The summed E-state index contributed by atoms with van der Waals surface area (Å²) in [5.74, 6) is 0.931. The van der Waals surface area contributed by atoms with E-state index in [4.69, 9.17) is 16.1 Å². The van der Waals surface area contributed by atoms with Crippen LogP contribution in [-0.2, 0) is 13.0 Å². The lowest BCUT2D eigenvalue weighted by molar-refractivity contribution is 0.358. The van der Waals surface area contributed by atoms with E-state index in [1.807, 2.05) is 6.92 Å². The van der Waals surface area contributed by atoms with Gasteiger partial charge in [-0.15, -0.1) is 0 Å². The molecule has 0 unspecified atom stereocenters. The molecule has 0 N–H and O–H groups in total. The van der Waals surface area contributed by atoms with Crippen molar-refractivity contribution >= 4 is 11.6 Å². The number of tetrazole rings is 1. The molecule has 0 aliphatic rings. The Morgan fingerprint density at radius 3 is 2.86 bits per heavy atom. The van der Waals surface area contributed by atoms with Crippen LogP contribution in [0.25, 0.3) is 5.69 Å². The third-order valence-electron chi connectivity index (χ3n) is 2.99. The van der Waals surface area contributed by atoms with Crippen molar-refractivity contribution < 1.29 is 4.52 Å². The Balaban J connectivity index is 1.87. The van der Waals surface area contributed by atoms with E-state index in [2.05, 4.69) is 20.6 Å². The number of aromatic nitrogens is 6. The molecule has 0 saturated heterocycles. The summed E-state index contributed by atoms with van der Waals surface area (Å²) in [6, 6.07) is 6.91. The van der Waals surface area contributed by atoms with Crippen LogP contribution in [0, 0.1) is 0 Å². The molecule has 0 aliphatic carbocycles. The van der Waals surface area contributed by atoms with Crippen LogP contribution in [0.1, 0.15) is 25.1 Å². The molecular formula is C13H13ClN6O2. The second-order valence-corrected chi connectivity index (χ2v) is 5.04. The zero-order chi connectivity index (χ0) is 15.5. The van der Waals surface area contributed by atoms with Crippen LogP contribution >= 0.6 is 11.6 Å². The van der Waals surface area contributed by atoms with E-state index in [1.54, 1.807) is 24.3 Å². The van der Waals surface area contributed by atoms with Gasteiger partial charge in [-0.3, -0.25) is 0 Å². The van der Waals surface area contributed by atoms with Gasteiger partial charge in [0.05, 0.1) is 10.7 Å². The van der Waals surface area contributed by atoms with Crippen molar-refractivity contribution in [1.29, 1.82) is 0 Å². The van der Waals surface area contributed by atoms with Crippen LogP contribution in [0.15, 0.2) is 33.6 Å². The molecule has 0 saturated carbocycles. The first kappa shape index (κ1) is 14.5. The first-order valence-electron chi connectivity index (χ1n) is 6.78. The van der Waals surface area contributed by atoms with Gasteiger partial charge in [0, 0.05) is 6.42 Å². The molecule has 2 aromatic heterocycles. The largest absolute Gasteiger partial charge is 0.369 e. The Morgan fingerprint density at radius 2 is 2.09 bits per heavy atom. The molecule has 8 nitrogen and oxygen atoms in total. The minimum absolute atomic E-state index is 0.0694. The van der Waals surface area contributed by atoms with Crippen molar-refractivity contribution in [3.05, 3.63) is 51.5 Å². The van der Waals surface area contributed by atoms with Crippen LogP contribution in [0.2, 0.25) is 5.02 Å². The zero-order valence-corrected chi connectivity index (χ0v) is 12.6. The fourth-order valence-corrected chi connectivity index (χ4v) is 2.17. The van der Waals surface area contributed by atoms with Gasteiger partial charge in [0.1, 0.15) is 6.54 Å². The number of para-hydroxylation sites is 1. The van der Waals surface area contributed by atoms with E-state index in [-0.39, 0.29) is 6.54 Å². The number of aryl methyl sites for hydroxylation is 1. The summed E-state index contributed by atoms with van der Waals surface area (Å²) < 4.78 is 7.37. The van der Waals surface area contributed by atoms with Gasteiger partial charge in [-0.05, 0) is 29.0 Å². The quantitative estimate of drug-likeness (QED) is 0.707. The molecule has 0 bridgehead atoms. The van der Waals surface area contributed by atoms with E-state index in [9.17, 15) is 4.79 Å². The maximum atomic E-state index is 12.3. The number of benzene rings is 1. The Bertz CT molecular complexity index is 837. The molecule has 0 spiro atoms. The van der Waals surface area contributed by atoms with E-state index in [0.717, 1.165) is 22.2 Å². The van der Waals surface area contributed by atoms with E-state index in [0.29, 0.717) is 22.4 Å². The van der Waals surface area contributed by atoms with Gasteiger partial charge in [0.2, 0.25) is 5.89 Å². The predicted molar refractivity (Wildman–Crippen MR) is 78.0 cm³/mol.